The lowest BCUT2D eigenvalue weighted by Crippen LogP contribution is -2.50. The van der Waals surface area contributed by atoms with E-state index in [0.29, 0.717) is 30.5 Å². The quantitative estimate of drug-likeness (QED) is 0.335. The van der Waals surface area contributed by atoms with Crippen molar-refractivity contribution >= 4 is 40.7 Å². The van der Waals surface area contributed by atoms with Crippen LogP contribution in [0.25, 0.3) is 0 Å². The number of urea groups is 1. The monoisotopic (exact) mass is 543 g/mol. The Balaban J connectivity index is 1.28. The number of nitrogens with one attached hydrogen (secondary N) is 3. The number of anilines is 1. The van der Waals surface area contributed by atoms with Gasteiger partial charge in [-0.15, -0.1) is 0 Å². The smallest absolute Gasteiger partial charge is 0.323 e. The number of aromatic nitrogens is 3. The number of nitrogens with zero attached hydrogens (tertiary/aromatic N) is 4. The Bertz CT molecular complexity index is 1150. The molecule has 0 saturated carbocycles. The lowest BCUT2D eigenvalue weighted by Gasteiger charge is -2.40. The van der Waals surface area contributed by atoms with E-state index in [2.05, 4.69) is 49.1 Å². The zero-order chi connectivity index (χ0) is 26.4. The van der Waals surface area contributed by atoms with Gasteiger partial charge >= 0.3 is 6.03 Å². The zero-order valence-electron chi connectivity index (χ0n) is 21.5. The number of amides is 3. The first-order valence-corrected chi connectivity index (χ1v) is 13.9. The van der Waals surface area contributed by atoms with Gasteiger partial charge in [0.2, 0.25) is 0 Å². The van der Waals surface area contributed by atoms with Gasteiger partial charge in [0.1, 0.15) is 5.15 Å². The molecule has 0 aromatic carbocycles. The number of halogens is 1. The molecule has 3 N–H and O–H groups in total. The SMILES string of the molecule is Cc1cc(C)c(C(=O)NCC[C@@H](C)N2CCC(N(Cc3ccsc3)C(=O)Nc3cc[nH]n3)CC2)c(Cl)n1. The molecular formula is C26H34ClN7O2S. The van der Waals surface area contributed by atoms with Crippen LogP contribution in [0.4, 0.5) is 10.6 Å². The molecule has 0 unspecified atom stereocenters. The third-order valence-electron chi connectivity index (χ3n) is 6.87. The van der Waals surface area contributed by atoms with E-state index < -0.39 is 0 Å². The van der Waals surface area contributed by atoms with Crippen molar-refractivity contribution in [3.63, 3.8) is 0 Å². The molecule has 1 fully saturated rings. The van der Waals surface area contributed by atoms with Crippen molar-refractivity contribution in [1.29, 1.82) is 0 Å². The van der Waals surface area contributed by atoms with E-state index in [1.165, 1.54) is 0 Å². The first-order valence-electron chi connectivity index (χ1n) is 12.6. The van der Waals surface area contributed by atoms with E-state index in [-0.39, 0.29) is 23.1 Å². The second-order valence-corrected chi connectivity index (χ2v) is 10.7. The van der Waals surface area contributed by atoms with Crippen LogP contribution in [0.5, 0.6) is 0 Å². The first kappa shape index (κ1) is 27.1. The van der Waals surface area contributed by atoms with Gasteiger partial charge in [-0.2, -0.15) is 16.4 Å². The number of carbonyl (C=O) groups is 2. The number of rotatable bonds is 9. The van der Waals surface area contributed by atoms with Gasteiger partial charge in [0.25, 0.3) is 5.91 Å². The highest BCUT2D eigenvalue weighted by Crippen LogP contribution is 2.23. The minimum absolute atomic E-state index is 0.132. The summed E-state index contributed by atoms with van der Waals surface area (Å²) in [5.41, 5.74) is 3.20. The van der Waals surface area contributed by atoms with E-state index in [9.17, 15) is 9.59 Å². The minimum Gasteiger partial charge on any atom is -0.352 e. The molecular weight excluding hydrogens is 510 g/mol. The molecule has 37 heavy (non-hydrogen) atoms. The van der Waals surface area contributed by atoms with Crippen LogP contribution in [0.15, 0.2) is 35.2 Å². The highest BCUT2D eigenvalue weighted by Gasteiger charge is 2.30. The fourth-order valence-corrected chi connectivity index (χ4v) is 5.85. The molecule has 3 amide bonds. The molecule has 0 radical (unpaired) electrons. The van der Waals surface area contributed by atoms with Gasteiger partial charge in [-0.05, 0) is 74.1 Å². The number of H-pyrrole nitrogens is 1. The highest BCUT2D eigenvalue weighted by molar-refractivity contribution is 7.07. The summed E-state index contributed by atoms with van der Waals surface area (Å²) in [6.07, 6.45) is 4.29. The Hall–Kier alpha value is -2.95. The van der Waals surface area contributed by atoms with Gasteiger partial charge < -0.3 is 15.1 Å². The predicted molar refractivity (Wildman–Crippen MR) is 147 cm³/mol. The van der Waals surface area contributed by atoms with Gasteiger partial charge in [0, 0.05) is 56.2 Å². The third kappa shape index (κ3) is 7.09. The molecule has 1 aliphatic heterocycles. The standard InChI is InChI=1S/C26H34ClN7O2S/c1-17-14-18(2)30-24(27)23(17)25(35)28-9-4-19(3)33-11-6-21(7-12-33)34(15-20-8-13-37-16-20)26(36)31-22-5-10-29-32-22/h5,8,10,13-14,16,19,21H,4,6-7,9,11-12,15H2,1-3H3,(H,28,35)(H2,29,31,32,36)/t19-/m1/s1. The molecule has 4 rings (SSSR count). The number of piperidine rings is 1. The summed E-state index contributed by atoms with van der Waals surface area (Å²) in [7, 11) is 0. The number of aromatic amines is 1. The number of pyridine rings is 1. The fraction of sp³-hybridized carbons (Fsp3) is 0.462. The maximum atomic E-state index is 13.1. The molecule has 3 aromatic rings. The van der Waals surface area contributed by atoms with E-state index in [0.717, 1.165) is 49.2 Å². The summed E-state index contributed by atoms with van der Waals surface area (Å²) < 4.78 is 0. The third-order valence-corrected chi connectivity index (χ3v) is 7.87. The van der Waals surface area contributed by atoms with Crippen LogP contribution in [-0.4, -0.2) is 68.6 Å². The Kier molecular flexibility index (Phi) is 9.18. The number of hydrogen-bond donors (Lipinski definition) is 3. The van der Waals surface area contributed by atoms with E-state index >= 15 is 0 Å². The molecule has 1 saturated heterocycles. The van der Waals surface area contributed by atoms with Crippen LogP contribution in [0.1, 0.15) is 53.4 Å². The summed E-state index contributed by atoms with van der Waals surface area (Å²) in [5, 5.41) is 17.1. The maximum absolute atomic E-state index is 13.1. The van der Waals surface area contributed by atoms with Gasteiger partial charge in [0.15, 0.2) is 5.82 Å². The van der Waals surface area contributed by atoms with Gasteiger partial charge in [-0.1, -0.05) is 11.6 Å². The Morgan fingerprint density at radius 2 is 2.08 bits per heavy atom. The first-order chi connectivity index (χ1) is 17.8. The van der Waals surface area contributed by atoms with Crippen molar-refractivity contribution in [1.82, 2.24) is 30.3 Å². The molecule has 11 heteroatoms. The fourth-order valence-electron chi connectivity index (χ4n) is 4.83. The lowest BCUT2D eigenvalue weighted by atomic mass is 10.0. The van der Waals surface area contributed by atoms with Crippen molar-refractivity contribution < 1.29 is 9.59 Å². The normalized spacial score (nSPS) is 15.4. The topological polar surface area (TPSA) is 106 Å². The second-order valence-electron chi connectivity index (χ2n) is 9.56. The van der Waals surface area contributed by atoms with Crippen LogP contribution in [0.2, 0.25) is 5.15 Å². The summed E-state index contributed by atoms with van der Waals surface area (Å²) in [6, 6.07) is 5.98. The lowest BCUT2D eigenvalue weighted by molar-refractivity contribution is 0.0919. The Labute approximate surface area is 226 Å². The van der Waals surface area contributed by atoms with Crippen LogP contribution in [0.3, 0.4) is 0 Å². The molecule has 4 heterocycles. The molecule has 9 nitrogen and oxygen atoms in total. The van der Waals surface area contributed by atoms with Crippen molar-refractivity contribution in [3.05, 3.63) is 62.7 Å². The summed E-state index contributed by atoms with van der Waals surface area (Å²) in [5.74, 6) is 0.333. The highest BCUT2D eigenvalue weighted by atomic mass is 35.5. The number of carbonyl (C=O) groups excluding carboxylic acids is 2. The van der Waals surface area contributed by atoms with Crippen LogP contribution < -0.4 is 10.6 Å². The molecule has 3 aromatic heterocycles. The van der Waals surface area contributed by atoms with Crippen molar-refractivity contribution in [2.45, 2.75) is 58.7 Å². The summed E-state index contributed by atoms with van der Waals surface area (Å²) in [4.78, 5) is 34.4. The number of likely N-dealkylation sites (tertiary alicyclic amines) is 1. The zero-order valence-corrected chi connectivity index (χ0v) is 23.0. The summed E-state index contributed by atoms with van der Waals surface area (Å²) in [6.45, 7) is 8.83. The molecule has 1 aliphatic rings. The Morgan fingerprint density at radius 3 is 2.73 bits per heavy atom. The maximum Gasteiger partial charge on any atom is 0.323 e. The van der Waals surface area contributed by atoms with Gasteiger partial charge in [-0.3, -0.25) is 15.2 Å². The van der Waals surface area contributed by atoms with E-state index in [1.807, 2.05) is 30.2 Å². The predicted octanol–water partition coefficient (Wildman–Crippen LogP) is 4.84. The van der Waals surface area contributed by atoms with E-state index in [1.54, 1.807) is 23.6 Å². The van der Waals surface area contributed by atoms with Crippen molar-refractivity contribution in [2.24, 2.45) is 0 Å². The van der Waals surface area contributed by atoms with Gasteiger partial charge in [0.05, 0.1) is 5.56 Å². The molecule has 0 bridgehead atoms. The molecule has 0 spiro atoms. The van der Waals surface area contributed by atoms with Gasteiger partial charge in [-0.25, -0.2) is 9.78 Å². The van der Waals surface area contributed by atoms with Crippen LogP contribution in [0, 0.1) is 13.8 Å². The van der Waals surface area contributed by atoms with Crippen LogP contribution >= 0.6 is 22.9 Å². The summed E-state index contributed by atoms with van der Waals surface area (Å²) >= 11 is 7.86. The molecule has 1 atom stereocenters. The molecule has 198 valence electrons. The second kappa shape index (κ2) is 12.5. The Morgan fingerprint density at radius 1 is 1.30 bits per heavy atom. The van der Waals surface area contributed by atoms with Crippen molar-refractivity contribution in [3.8, 4) is 0 Å². The average molecular weight is 544 g/mol. The van der Waals surface area contributed by atoms with Crippen molar-refractivity contribution in [2.75, 3.05) is 25.0 Å². The largest absolute Gasteiger partial charge is 0.352 e. The number of thiophene rings is 1. The minimum atomic E-state index is -0.187. The number of hydrogen-bond acceptors (Lipinski definition) is 6. The molecule has 0 aliphatic carbocycles. The van der Waals surface area contributed by atoms with E-state index in [4.69, 9.17) is 11.6 Å². The average Bonchev–Trinajstić information content (AvgIpc) is 3.56. The number of aryl methyl sites for hydroxylation is 2. The van der Waals surface area contributed by atoms with Crippen LogP contribution in [-0.2, 0) is 6.54 Å².